The number of hydrogen-bond acceptors (Lipinski definition) is 3. The summed E-state index contributed by atoms with van der Waals surface area (Å²) < 4.78 is 0. The highest BCUT2D eigenvalue weighted by molar-refractivity contribution is 5.41. The Kier molecular flexibility index (Phi) is 6.34. The molecule has 3 nitrogen and oxygen atoms in total. The molecule has 2 N–H and O–H groups in total. The molecule has 0 saturated heterocycles. The van der Waals surface area contributed by atoms with Gasteiger partial charge in [-0.05, 0) is 18.7 Å². The number of likely N-dealkylation sites (N-methyl/N-ethyl adjacent to an activating group) is 1. The van der Waals surface area contributed by atoms with Crippen LogP contribution in [0.5, 0.6) is 0 Å². The Hall–Kier alpha value is -1.34. The summed E-state index contributed by atoms with van der Waals surface area (Å²) in [5, 5.41) is 17.6. The lowest BCUT2D eigenvalue weighted by molar-refractivity contribution is 0.217. The van der Waals surface area contributed by atoms with Crippen LogP contribution in [0.3, 0.4) is 0 Å². The Morgan fingerprint density at radius 1 is 1.18 bits per heavy atom. The van der Waals surface area contributed by atoms with Crippen molar-refractivity contribution in [2.75, 3.05) is 26.8 Å². The van der Waals surface area contributed by atoms with Gasteiger partial charge in [-0.3, -0.25) is 4.90 Å². The molecule has 1 rings (SSSR count). The predicted octanol–water partition coefficient (Wildman–Crippen LogP) is 0.845. The van der Waals surface area contributed by atoms with Crippen LogP contribution < -0.4 is 0 Å². The van der Waals surface area contributed by atoms with Crippen molar-refractivity contribution in [2.45, 2.75) is 13.0 Å². The van der Waals surface area contributed by atoms with E-state index in [1.165, 1.54) is 0 Å². The standard InChI is InChI=1S/C14H19NO2/c1-15(9-11-17)12-14-8-3-2-6-13(14)7-4-5-10-16/h2-3,6,8,16-17H,5,9-12H2,1H3. The molecule has 0 fully saturated rings. The molecule has 0 heterocycles. The normalized spacial score (nSPS) is 10.1. The minimum absolute atomic E-state index is 0.0968. The number of benzene rings is 1. The van der Waals surface area contributed by atoms with E-state index in [2.05, 4.69) is 11.8 Å². The lowest BCUT2D eigenvalue weighted by Crippen LogP contribution is -2.21. The maximum atomic E-state index is 8.86. The zero-order valence-corrected chi connectivity index (χ0v) is 10.2. The minimum atomic E-state index is 0.0968. The highest BCUT2D eigenvalue weighted by Crippen LogP contribution is 2.09. The largest absolute Gasteiger partial charge is 0.395 e. The Morgan fingerprint density at radius 3 is 2.65 bits per heavy atom. The van der Waals surface area contributed by atoms with E-state index < -0.39 is 0 Å². The molecule has 0 atom stereocenters. The number of hydrogen-bond donors (Lipinski definition) is 2. The zero-order chi connectivity index (χ0) is 12.5. The quantitative estimate of drug-likeness (QED) is 0.741. The fourth-order valence-electron chi connectivity index (χ4n) is 1.53. The topological polar surface area (TPSA) is 43.7 Å². The van der Waals surface area contributed by atoms with E-state index in [0.717, 1.165) is 17.7 Å². The highest BCUT2D eigenvalue weighted by Gasteiger charge is 2.02. The third-order valence-corrected chi connectivity index (χ3v) is 2.40. The molecular formula is C14H19NO2. The molecule has 17 heavy (non-hydrogen) atoms. The average molecular weight is 233 g/mol. The minimum Gasteiger partial charge on any atom is -0.395 e. The fraction of sp³-hybridized carbons (Fsp3) is 0.429. The van der Waals surface area contributed by atoms with Crippen LogP contribution in [0, 0.1) is 11.8 Å². The van der Waals surface area contributed by atoms with E-state index in [0.29, 0.717) is 13.0 Å². The second-order valence-electron chi connectivity index (χ2n) is 3.89. The van der Waals surface area contributed by atoms with E-state index in [4.69, 9.17) is 10.2 Å². The molecule has 0 radical (unpaired) electrons. The van der Waals surface area contributed by atoms with Crippen LogP contribution in [-0.4, -0.2) is 41.9 Å². The van der Waals surface area contributed by atoms with Crippen LogP contribution in [0.1, 0.15) is 17.5 Å². The molecule has 0 aliphatic carbocycles. The predicted molar refractivity (Wildman–Crippen MR) is 68.4 cm³/mol. The first-order valence-corrected chi connectivity index (χ1v) is 5.75. The average Bonchev–Trinajstić information content (AvgIpc) is 2.32. The van der Waals surface area contributed by atoms with Crippen molar-refractivity contribution in [1.82, 2.24) is 4.90 Å². The van der Waals surface area contributed by atoms with E-state index >= 15 is 0 Å². The fourth-order valence-corrected chi connectivity index (χ4v) is 1.53. The van der Waals surface area contributed by atoms with Gasteiger partial charge < -0.3 is 10.2 Å². The molecule has 0 aliphatic heterocycles. The number of nitrogens with zero attached hydrogens (tertiary/aromatic N) is 1. The Balaban J connectivity index is 2.74. The van der Waals surface area contributed by atoms with Gasteiger partial charge in [-0.1, -0.05) is 30.0 Å². The molecule has 0 bridgehead atoms. The van der Waals surface area contributed by atoms with Crippen LogP contribution in [0.15, 0.2) is 24.3 Å². The van der Waals surface area contributed by atoms with Crippen molar-refractivity contribution in [3.63, 3.8) is 0 Å². The zero-order valence-electron chi connectivity index (χ0n) is 10.2. The molecule has 1 aromatic carbocycles. The smallest absolute Gasteiger partial charge is 0.0558 e. The van der Waals surface area contributed by atoms with E-state index in [1.807, 2.05) is 36.2 Å². The van der Waals surface area contributed by atoms with E-state index in [9.17, 15) is 0 Å². The second kappa shape index (κ2) is 7.86. The third kappa shape index (κ3) is 5.01. The molecule has 1 aromatic rings. The van der Waals surface area contributed by atoms with Crippen LogP contribution in [-0.2, 0) is 6.54 Å². The van der Waals surface area contributed by atoms with E-state index in [1.54, 1.807) is 0 Å². The summed E-state index contributed by atoms with van der Waals surface area (Å²) in [5.41, 5.74) is 2.14. The van der Waals surface area contributed by atoms with Gasteiger partial charge in [0.15, 0.2) is 0 Å². The summed E-state index contributed by atoms with van der Waals surface area (Å²) in [4.78, 5) is 2.05. The van der Waals surface area contributed by atoms with Gasteiger partial charge in [-0.2, -0.15) is 0 Å². The van der Waals surface area contributed by atoms with Crippen LogP contribution in [0.4, 0.5) is 0 Å². The first-order chi connectivity index (χ1) is 8.27. The first kappa shape index (κ1) is 13.7. The van der Waals surface area contributed by atoms with Crippen molar-refractivity contribution < 1.29 is 10.2 Å². The maximum Gasteiger partial charge on any atom is 0.0558 e. The summed E-state index contributed by atoms with van der Waals surface area (Å²) in [6.45, 7) is 1.68. The van der Waals surface area contributed by atoms with Gasteiger partial charge in [-0.25, -0.2) is 0 Å². The maximum absolute atomic E-state index is 8.86. The molecule has 0 saturated carbocycles. The Morgan fingerprint density at radius 2 is 1.94 bits per heavy atom. The van der Waals surface area contributed by atoms with Gasteiger partial charge in [0.2, 0.25) is 0 Å². The summed E-state index contributed by atoms with van der Waals surface area (Å²) in [6, 6.07) is 7.96. The van der Waals surface area contributed by atoms with Gasteiger partial charge in [-0.15, -0.1) is 0 Å². The van der Waals surface area contributed by atoms with Gasteiger partial charge in [0.05, 0.1) is 13.2 Å². The summed E-state index contributed by atoms with van der Waals surface area (Å²) in [5.74, 6) is 5.99. The van der Waals surface area contributed by atoms with Crippen molar-refractivity contribution in [3.05, 3.63) is 35.4 Å². The number of rotatable bonds is 5. The van der Waals surface area contributed by atoms with Crippen molar-refractivity contribution in [3.8, 4) is 11.8 Å². The van der Waals surface area contributed by atoms with Gasteiger partial charge in [0.1, 0.15) is 0 Å². The number of aliphatic hydroxyl groups excluding tert-OH is 2. The van der Waals surface area contributed by atoms with Crippen LogP contribution in [0.25, 0.3) is 0 Å². The summed E-state index contributed by atoms with van der Waals surface area (Å²) >= 11 is 0. The summed E-state index contributed by atoms with van der Waals surface area (Å²) in [6.07, 6.45) is 0.501. The summed E-state index contributed by atoms with van der Waals surface area (Å²) in [7, 11) is 1.97. The Labute approximate surface area is 103 Å². The number of aliphatic hydroxyl groups is 2. The lowest BCUT2D eigenvalue weighted by atomic mass is 10.1. The lowest BCUT2D eigenvalue weighted by Gasteiger charge is -2.15. The van der Waals surface area contributed by atoms with Crippen molar-refractivity contribution in [1.29, 1.82) is 0 Å². The Bertz CT molecular complexity index is 393. The van der Waals surface area contributed by atoms with Gasteiger partial charge in [0.25, 0.3) is 0 Å². The van der Waals surface area contributed by atoms with Crippen LogP contribution >= 0.6 is 0 Å². The molecule has 0 aromatic heterocycles. The molecule has 0 unspecified atom stereocenters. The second-order valence-corrected chi connectivity index (χ2v) is 3.89. The highest BCUT2D eigenvalue weighted by atomic mass is 16.3. The van der Waals surface area contributed by atoms with Gasteiger partial charge >= 0.3 is 0 Å². The van der Waals surface area contributed by atoms with Crippen molar-refractivity contribution in [2.24, 2.45) is 0 Å². The van der Waals surface area contributed by atoms with Crippen LogP contribution in [0.2, 0.25) is 0 Å². The molecule has 0 spiro atoms. The molecule has 3 heteroatoms. The monoisotopic (exact) mass is 233 g/mol. The first-order valence-electron chi connectivity index (χ1n) is 5.75. The van der Waals surface area contributed by atoms with E-state index in [-0.39, 0.29) is 13.2 Å². The third-order valence-electron chi connectivity index (χ3n) is 2.40. The molecular weight excluding hydrogens is 214 g/mol. The molecule has 92 valence electrons. The SMILES string of the molecule is CN(CCO)Cc1ccccc1C#CCCO. The molecule has 0 aliphatic rings. The molecule has 0 amide bonds. The van der Waals surface area contributed by atoms with Crippen molar-refractivity contribution >= 4 is 0 Å². The van der Waals surface area contributed by atoms with Gasteiger partial charge in [0, 0.05) is 25.1 Å².